The first-order valence-corrected chi connectivity index (χ1v) is 12.1. The van der Waals surface area contributed by atoms with Crippen LogP contribution in [0.15, 0.2) is 47.4 Å². The third-order valence-electron chi connectivity index (χ3n) is 5.02. The number of nitrogens with zero attached hydrogens (tertiary/aromatic N) is 7. The first kappa shape index (κ1) is 24.5. The van der Waals surface area contributed by atoms with Crippen LogP contribution in [0.2, 0.25) is 5.02 Å². The summed E-state index contributed by atoms with van der Waals surface area (Å²) in [5.74, 6) is 1.21. The summed E-state index contributed by atoms with van der Waals surface area (Å²) in [4.78, 5) is 12.5. The average Bonchev–Trinajstić information content (AvgIpc) is 3.51. The van der Waals surface area contributed by atoms with Gasteiger partial charge >= 0.3 is 0 Å². The number of rotatable bonds is 10. The number of nitrogens with one attached hydrogen (secondary N) is 1. The maximum absolute atomic E-state index is 13.3. The first-order valence-electron chi connectivity index (χ1n) is 10.2. The Bertz CT molecular complexity index is 1380. The maximum atomic E-state index is 13.3. The zero-order valence-electron chi connectivity index (χ0n) is 18.9. The number of sulfonamides is 1. The topological polar surface area (TPSA) is 160 Å². The van der Waals surface area contributed by atoms with E-state index in [0.717, 1.165) is 0 Å². The third-order valence-corrected chi connectivity index (χ3v) is 6.90. The summed E-state index contributed by atoms with van der Waals surface area (Å²) < 4.78 is 46.4. The van der Waals surface area contributed by atoms with E-state index < -0.39 is 21.4 Å². The van der Waals surface area contributed by atoms with Crippen molar-refractivity contribution >= 4 is 27.6 Å². The highest BCUT2D eigenvalue weighted by Crippen LogP contribution is 2.27. The molecular formula is C20H21ClN8O5S. The number of aromatic nitrogens is 7. The van der Waals surface area contributed by atoms with Gasteiger partial charge in [0.2, 0.25) is 21.9 Å². The molecule has 4 heterocycles. The average molecular weight is 521 g/mol. The van der Waals surface area contributed by atoms with E-state index in [9.17, 15) is 8.42 Å². The molecule has 0 saturated heterocycles. The predicted octanol–water partition coefficient (Wildman–Crippen LogP) is 2.35. The summed E-state index contributed by atoms with van der Waals surface area (Å²) in [6.07, 6.45) is 3.23. The van der Waals surface area contributed by atoms with Gasteiger partial charge in [-0.1, -0.05) is 22.8 Å². The summed E-state index contributed by atoms with van der Waals surface area (Å²) in [5, 5.41) is 11.1. The van der Waals surface area contributed by atoms with Gasteiger partial charge in [0.25, 0.3) is 0 Å². The van der Waals surface area contributed by atoms with Crippen LogP contribution in [-0.2, 0) is 21.3 Å². The normalized spacial score (nSPS) is 13.4. The van der Waals surface area contributed by atoms with Crippen LogP contribution in [-0.4, -0.2) is 62.8 Å². The maximum Gasteiger partial charge on any atom is 0.240 e. The largest absolute Gasteiger partial charge is 0.481 e. The van der Waals surface area contributed by atoms with Crippen molar-refractivity contribution < 1.29 is 22.4 Å². The smallest absolute Gasteiger partial charge is 0.240 e. The van der Waals surface area contributed by atoms with E-state index in [0.29, 0.717) is 22.4 Å². The Morgan fingerprint density at radius 2 is 1.94 bits per heavy atom. The van der Waals surface area contributed by atoms with Gasteiger partial charge in [-0.3, -0.25) is 9.29 Å². The highest BCUT2D eigenvalue weighted by Gasteiger charge is 2.34. The molecule has 2 unspecified atom stereocenters. The Hall–Kier alpha value is -3.62. The molecule has 4 aromatic heterocycles. The lowest BCUT2D eigenvalue weighted by Gasteiger charge is -2.22. The fourth-order valence-corrected chi connectivity index (χ4v) is 4.46. The molecule has 35 heavy (non-hydrogen) atoms. The van der Waals surface area contributed by atoms with Gasteiger partial charge in [0.1, 0.15) is 17.0 Å². The second-order valence-electron chi connectivity index (χ2n) is 7.25. The summed E-state index contributed by atoms with van der Waals surface area (Å²) in [6, 6.07) is 6.75. The molecule has 0 aliphatic heterocycles. The van der Waals surface area contributed by atoms with Crippen LogP contribution < -0.4 is 9.46 Å². The molecule has 0 aliphatic rings. The molecule has 0 saturated carbocycles. The molecular weight excluding hydrogens is 500 g/mol. The molecule has 2 atom stereocenters. The van der Waals surface area contributed by atoms with Crippen molar-refractivity contribution in [2.45, 2.75) is 24.8 Å². The predicted molar refractivity (Wildman–Crippen MR) is 124 cm³/mol. The SMILES string of the molecule is COc1cccc(-c2nnc(NS(=O)(=O)C(C)C(OC)c3ncc(Cl)cn3)n2Cc2ccno2)n1. The second kappa shape index (κ2) is 10.3. The standard InChI is InChI=1S/C20H21ClN8O5S/c1-12(17(33-3)18-22-9-13(21)10-23-18)35(30,31)28-20-27-26-19(15-5-4-6-16(25-15)32-2)29(20)11-14-7-8-24-34-14/h4-10,12,17H,11H2,1-3H3,(H,27,28). The van der Waals surface area contributed by atoms with Crippen molar-refractivity contribution in [2.75, 3.05) is 18.9 Å². The van der Waals surface area contributed by atoms with Gasteiger partial charge in [0, 0.05) is 31.6 Å². The van der Waals surface area contributed by atoms with Crippen LogP contribution >= 0.6 is 11.6 Å². The Balaban J connectivity index is 1.69. The molecule has 184 valence electrons. The lowest BCUT2D eigenvalue weighted by Crippen LogP contribution is -2.33. The minimum Gasteiger partial charge on any atom is -0.481 e. The minimum absolute atomic E-state index is 0.0558. The minimum atomic E-state index is -4.07. The molecule has 15 heteroatoms. The van der Waals surface area contributed by atoms with Crippen molar-refractivity contribution in [3.63, 3.8) is 0 Å². The van der Waals surface area contributed by atoms with Crippen LogP contribution in [0.3, 0.4) is 0 Å². The first-order chi connectivity index (χ1) is 16.8. The fraction of sp³-hybridized carbons (Fsp3) is 0.300. The molecule has 0 amide bonds. The van der Waals surface area contributed by atoms with E-state index in [2.05, 4.69) is 35.0 Å². The zero-order chi connectivity index (χ0) is 25.0. The number of methoxy groups -OCH3 is 2. The van der Waals surface area contributed by atoms with Crippen molar-refractivity contribution in [1.29, 1.82) is 0 Å². The van der Waals surface area contributed by atoms with E-state index in [-0.39, 0.29) is 24.1 Å². The van der Waals surface area contributed by atoms with Crippen molar-refractivity contribution in [3.8, 4) is 17.4 Å². The quantitative estimate of drug-likeness (QED) is 0.326. The van der Waals surface area contributed by atoms with E-state index >= 15 is 0 Å². The lowest BCUT2D eigenvalue weighted by atomic mass is 10.2. The number of halogens is 1. The molecule has 13 nitrogen and oxygen atoms in total. The van der Waals surface area contributed by atoms with E-state index in [1.807, 2.05) is 0 Å². The summed E-state index contributed by atoms with van der Waals surface area (Å²) in [5.41, 5.74) is 0.416. The molecule has 1 N–H and O–H groups in total. The Morgan fingerprint density at radius 3 is 2.60 bits per heavy atom. The van der Waals surface area contributed by atoms with E-state index in [1.54, 1.807) is 24.3 Å². The molecule has 0 aliphatic carbocycles. The van der Waals surface area contributed by atoms with Gasteiger partial charge in [-0.05, 0) is 13.0 Å². The van der Waals surface area contributed by atoms with Crippen LogP contribution in [0.5, 0.6) is 5.88 Å². The molecule has 0 bridgehead atoms. The zero-order valence-corrected chi connectivity index (χ0v) is 20.4. The van der Waals surface area contributed by atoms with Gasteiger partial charge < -0.3 is 14.0 Å². The number of hydrogen-bond acceptors (Lipinski definition) is 11. The Morgan fingerprint density at radius 1 is 1.17 bits per heavy atom. The summed E-state index contributed by atoms with van der Waals surface area (Å²) >= 11 is 5.84. The monoisotopic (exact) mass is 520 g/mol. The third kappa shape index (κ3) is 5.39. The summed E-state index contributed by atoms with van der Waals surface area (Å²) in [7, 11) is -1.21. The molecule has 0 fully saturated rings. The van der Waals surface area contributed by atoms with Gasteiger partial charge in [-0.25, -0.2) is 23.4 Å². The van der Waals surface area contributed by atoms with Crippen molar-refractivity contribution in [3.05, 3.63) is 59.5 Å². The van der Waals surface area contributed by atoms with Gasteiger partial charge in [-0.15, -0.1) is 10.2 Å². The molecule has 0 aromatic carbocycles. The number of ether oxygens (including phenoxy) is 2. The van der Waals surface area contributed by atoms with Gasteiger partial charge in [0.05, 0.1) is 24.9 Å². The second-order valence-corrected chi connectivity index (χ2v) is 9.72. The molecule has 4 rings (SSSR count). The lowest BCUT2D eigenvalue weighted by molar-refractivity contribution is 0.0950. The molecule has 4 aromatic rings. The van der Waals surface area contributed by atoms with Crippen molar-refractivity contribution in [2.24, 2.45) is 0 Å². The van der Waals surface area contributed by atoms with E-state index in [4.69, 9.17) is 25.6 Å². The van der Waals surface area contributed by atoms with Crippen LogP contribution in [0.1, 0.15) is 24.6 Å². The highest BCUT2D eigenvalue weighted by atomic mass is 35.5. The Kier molecular flexibility index (Phi) is 7.23. The van der Waals surface area contributed by atoms with Crippen LogP contribution in [0, 0.1) is 0 Å². The Labute approximate surface area is 205 Å². The van der Waals surface area contributed by atoms with Gasteiger partial charge in [-0.2, -0.15) is 0 Å². The molecule has 0 spiro atoms. The number of pyridine rings is 1. The van der Waals surface area contributed by atoms with E-state index in [1.165, 1.54) is 44.3 Å². The number of anilines is 1. The summed E-state index contributed by atoms with van der Waals surface area (Å²) in [6.45, 7) is 1.55. The van der Waals surface area contributed by atoms with Gasteiger partial charge in [0.15, 0.2) is 17.4 Å². The van der Waals surface area contributed by atoms with Crippen molar-refractivity contribution in [1.82, 2.24) is 34.9 Å². The van der Waals surface area contributed by atoms with Crippen LogP contribution in [0.25, 0.3) is 11.5 Å². The number of hydrogen-bond donors (Lipinski definition) is 1. The molecule has 0 radical (unpaired) electrons. The fourth-order valence-electron chi connectivity index (χ4n) is 3.21. The van der Waals surface area contributed by atoms with Crippen LogP contribution in [0.4, 0.5) is 5.95 Å². The highest BCUT2D eigenvalue weighted by molar-refractivity contribution is 7.93.